The van der Waals surface area contributed by atoms with Gasteiger partial charge in [-0.15, -0.1) is 6.58 Å². The Bertz CT molecular complexity index is 589. The molecule has 0 saturated carbocycles. The first-order valence-electron chi connectivity index (χ1n) is 7.09. The highest BCUT2D eigenvalue weighted by atomic mass is 16.5. The molecule has 0 amide bonds. The lowest BCUT2D eigenvalue weighted by molar-refractivity contribution is 0.0909. The molecular weight excluding hydrogens is 280 g/mol. The highest BCUT2D eigenvalue weighted by molar-refractivity contribution is 5.46. The molecule has 0 bridgehead atoms. The molecule has 4 nitrogen and oxygen atoms in total. The number of benzene rings is 1. The molecule has 0 aliphatic heterocycles. The molecule has 2 rings (SSSR count). The molecule has 1 aromatic carbocycles. The van der Waals surface area contributed by atoms with Gasteiger partial charge in [-0.1, -0.05) is 24.3 Å². The molecule has 1 aliphatic carbocycles. The number of phenols is 1. The molecular formula is C18H22O4. The maximum atomic E-state index is 10.1. The van der Waals surface area contributed by atoms with Crippen molar-refractivity contribution in [3.05, 3.63) is 66.0 Å². The van der Waals surface area contributed by atoms with E-state index >= 15 is 0 Å². The summed E-state index contributed by atoms with van der Waals surface area (Å²) in [5.41, 5.74) is 1.75. The zero-order chi connectivity index (χ0) is 16.1. The second kappa shape index (κ2) is 7.29. The molecule has 3 unspecified atom stereocenters. The molecule has 0 fully saturated rings. The predicted molar refractivity (Wildman–Crippen MR) is 85.8 cm³/mol. The van der Waals surface area contributed by atoms with Gasteiger partial charge in [0.2, 0.25) is 0 Å². The van der Waals surface area contributed by atoms with Crippen molar-refractivity contribution in [3.63, 3.8) is 0 Å². The van der Waals surface area contributed by atoms with Crippen LogP contribution in [0.15, 0.2) is 60.4 Å². The Morgan fingerprint density at radius 3 is 2.32 bits per heavy atom. The highest BCUT2D eigenvalue weighted by Gasteiger charge is 2.30. The van der Waals surface area contributed by atoms with Crippen molar-refractivity contribution < 1.29 is 19.3 Å². The van der Waals surface area contributed by atoms with Crippen molar-refractivity contribution in [1.82, 2.24) is 0 Å². The molecule has 0 radical (unpaired) electrons. The standard InChI is InChI=1S/C18H22O4/c1-5-12(13-8-6-7-9-15(13)19)14-10-17(21-3)18(22-4)11-16(14)20-2/h5-12,16-17,19H,1H2,2-4H3. The van der Waals surface area contributed by atoms with E-state index in [9.17, 15) is 5.11 Å². The van der Waals surface area contributed by atoms with Crippen LogP contribution in [0.3, 0.4) is 0 Å². The van der Waals surface area contributed by atoms with Gasteiger partial charge in [0.1, 0.15) is 23.7 Å². The van der Waals surface area contributed by atoms with Crippen molar-refractivity contribution in [2.75, 3.05) is 21.3 Å². The zero-order valence-electron chi connectivity index (χ0n) is 13.2. The van der Waals surface area contributed by atoms with Gasteiger partial charge in [0.05, 0.1) is 7.11 Å². The summed E-state index contributed by atoms with van der Waals surface area (Å²) in [6.45, 7) is 3.91. The number of hydrogen-bond acceptors (Lipinski definition) is 4. The molecule has 0 saturated heterocycles. The third-order valence-electron chi connectivity index (χ3n) is 3.88. The van der Waals surface area contributed by atoms with Gasteiger partial charge in [0.15, 0.2) is 0 Å². The molecule has 0 spiro atoms. The van der Waals surface area contributed by atoms with Crippen LogP contribution in [-0.2, 0) is 14.2 Å². The van der Waals surface area contributed by atoms with Gasteiger partial charge in [-0.3, -0.25) is 0 Å². The van der Waals surface area contributed by atoms with Crippen molar-refractivity contribution in [1.29, 1.82) is 0 Å². The molecule has 1 N–H and O–H groups in total. The third-order valence-corrected chi connectivity index (χ3v) is 3.88. The van der Waals surface area contributed by atoms with Crippen molar-refractivity contribution >= 4 is 0 Å². The first-order valence-corrected chi connectivity index (χ1v) is 7.09. The van der Waals surface area contributed by atoms with E-state index in [-0.39, 0.29) is 23.9 Å². The van der Waals surface area contributed by atoms with E-state index in [0.717, 1.165) is 11.1 Å². The lowest BCUT2D eigenvalue weighted by Crippen LogP contribution is -2.27. The molecule has 0 aromatic heterocycles. The second-order valence-corrected chi connectivity index (χ2v) is 5.02. The van der Waals surface area contributed by atoms with Crippen molar-refractivity contribution in [2.45, 2.75) is 18.1 Å². The normalized spacial score (nSPS) is 22.5. The molecule has 3 atom stereocenters. The number of hydrogen-bond donors (Lipinski definition) is 1. The minimum atomic E-state index is -0.278. The summed E-state index contributed by atoms with van der Waals surface area (Å²) in [5.74, 6) is 0.773. The summed E-state index contributed by atoms with van der Waals surface area (Å²) in [5, 5.41) is 10.1. The maximum Gasteiger partial charge on any atom is 0.132 e. The Morgan fingerprint density at radius 2 is 1.77 bits per heavy atom. The fourth-order valence-corrected chi connectivity index (χ4v) is 2.74. The van der Waals surface area contributed by atoms with Gasteiger partial charge in [-0.25, -0.2) is 0 Å². The molecule has 1 aliphatic rings. The van der Waals surface area contributed by atoms with E-state index in [1.54, 1.807) is 39.5 Å². The van der Waals surface area contributed by atoms with Crippen LogP contribution in [0, 0.1) is 0 Å². The zero-order valence-corrected chi connectivity index (χ0v) is 13.2. The highest BCUT2D eigenvalue weighted by Crippen LogP contribution is 2.37. The Hall–Kier alpha value is -2.04. The van der Waals surface area contributed by atoms with Gasteiger partial charge < -0.3 is 19.3 Å². The van der Waals surface area contributed by atoms with E-state index in [1.165, 1.54) is 0 Å². The van der Waals surface area contributed by atoms with Crippen LogP contribution in [0.1, 0.15) is 11.5 Å². The van der Waals surface area contributed by atoms with Crippen LogP contribution in [0.4, 0.5) is 0 Å². The number of rotatable bonds is 6. The van der Waals surface area contributed by atoms with E-state index in [0.29, 0.717) is 5.76 Å². The topological polar surface area (TPSA) is 47.9 Å². The van der Waals surface area contributed by atoms with Crippen LogP contribution < -0.4 is 0 Å². The van der Waals surface area contributed by atoms with E-state index < -0.39 is 0 Å². The number of methoxy groups -OCH3 is 3. The maximum absolute atomic E-state index is 10.1. The summed E-state index contributed by atoms with van der Waals surface area (Å²) in [6, 6.07) is 7.23. The Balaban J connectivity index is 2.45. The van der Waals surface area contributed by atoms with Gasteiger partial charge in [-0.05, 0) is 23.8 Å². The summed E-state index contributed by atoms with van der Waals surface area (Å²) in [4.78, 5) is 0. The van der Waals surface area contributed by atoms with Gasteiger partial charge in [-0.2, -0.15) is 0 Å². The molecule has 22 heavy (non-hydrogen) atoms. The van der Waals surface area contributed by atoms with Crippen LogP contribution in [0.2, 0.25) is 0 Å². The average molecular weight is 302 g/mol. The first kappa shape index (κ1) is 16.3. The lowest BCUT2D eigenvalue weighted by Gasteiger charge is -2.30. The molecule has 1 aromatic rings. The largest absolute Gasteiger partial charge is 0.508 e. The monoisotopic (exact) mass is 302 g/mol. The SMILES string of the molecule is C=CC(C1=CC(OC)C(OC)=CC1OC)c1ccccc1O. The van der Waals surface area contributed by atoms with Crippen molar-refractivity contribution in [3.8, 4) is 5.75 Å². The van der Waals surface area contributed by atoms with E-state index in [1.807, 2.05) is 24.3 Å². The predicted octanol–water partition coefficient (Wildman–Crippen LogP) is 3.16. The fraction of sp³-hybridized carbons (Fsp3) is 0.333. The number of aromatic hydroxyl groups is 1. The quantitative estimate of drug-likeness (QED) is 0.820. The third kappa shape index (κ3) is 3.08. The lowest BCUT2D eigenvalue weighted by atomic mass is 9.83. The van der Waals surface area contributed by atoms with Gasteiger partial charge in [0, 0.05) is 25.7 Å². The molecule has 4 heteroatoms. The fourth-order valence-electron chi connectivity index (χ4n) is 2.74. The van der Waals surface area contributed by atoms with Crippen LogP contribution >= 0.6 is 0 Å². The smallest absolute Gasteiger partial charge is 0.132 e. The number of ether oxygens (including phenoxy) is 3. The van der Waals surface area contributed by atoms with E-state index in [4.69, 9.17) is 14.2 Å². The number of allylic oxidation sites excluding steroid dienone is 1. The van der Waals surface area contributed by atoms with Crippen LogP contribution in [0.25, 0.3) is 0 Å². The minimum absolute atomic E-state index is 0.168. The summed E-state index contributed by atoms with van der Waals surface area (Å²) in [6.07, 6.45) is 5.11. The molecule has 0 heterocycles. The van der Waals surface area contributed by atoms with Gasteiger partial charge in [0.25, 0.3) is 0 Å². The van der Waals surface area contributed by atoms with E-state index in [2.05, 4.69) is 6.58 Å². The number of para-hydroxylation sites is 1. The summed E-state index contributed by atoms with van der Waals surface area (Å²) < 4.78 is 16.4. The Labute approximate surface area is 131 Å². The Morgan fingerprint density at radius 1 is 1.09 bits per heavy atom. The summed E-state index contributed by atoms with van der Waals surface area (Å²) in [7, 11) is 4.87. The summed E-state index contributed by atoms with van der Waals surface area (Å²) >= 11 is 0. The average Bonchev–Trinajstić information content (AvgIpc) is 2.56. The minimum Gasteiger partial charge on any atom is -0.508 e. The van der Waals surface area contributed by atoms with Crippen molar-refractivity contribution in [2.24, 2.45) is 0 Å². The van der Waals surface area contributed by atoms with Crippen LogP contribution in [-0.4, -0.2) is 38.6 Å². The first-order chi connectivity index (χ1) is 10.7. The Kier molecular flexibility index (Phi) is 5.41. The van der Waals surface area contributed by atoms with Gasteiger partial charge >= 0.3 is 0 Å². The molecule has 118 valence electrons. The number of phenolic OH excluding ortho intramolecular Hbond substituents is 1. The second-order valence-electron chi connectivity index (χ2n) is 5.02. The van der Waals surface area contributed by atoms with Crippen LogP contribution in [0.5, 0.6) is 5.75 Å².